The van der Waals surface area contributed by atoms with Crippen molar-refractivity contribution in [1.29, 1.82) is 0 Å². The van der Waals surface area contributed by atoms with E-state index in [4.69, 9.17) is 0 Å². The maximum absolute atomic E-state index is 2.67. The lowest BCUT2D eigenvalue weighted by atomic mass is 9.45. The van der Waals surface area contributed by atoms with E-state index < -0.39 is 0 Å². The highest BCUT2D eigenvalue weighted by Crippen LogP contribution is 2.67. The Morgan fingerprint density at radius 3 is 2.00 bits per heavy atom. The Morgan fingerprint density at radius 1 is 0.833 bits per heavy atom. The molecule has 5 saturated carbocycles. The van der Waals surface area contributed by atoms with Gasteiger partial charge in [-0.05, 0) is 91.8 Å². The molecule has 0 saturated heterocycles. The van der Waals surface area contributed by atoms with Crippen molar-refractivity contribution in [2.24, 2.45) is 46.8 Å². The fraction of sp³-hybridized carbons (Fsp3) is 0.889. The smallest absolute Gasteiger partial charge is 0.0171 e. The Balaban J connectivity index is 1.52. The zero-order valence-electron chi connectivity index (χ0n) is 11.6. The first kappa shape index (κ1) is 10.5. The van der Waals surface area contributed by atoms with Gasteiger partial charge in [-0.2, -0.15) is 0 Å². The van der Waals surface area contributed by atoms with E-state index in [-0.39, 0.29) is 0 Å². The molecule has 5 fully saturated rings. The quantitative estimate of drug-likeness (QED) is 0.587. The largest absolute Gasteiger partial charge is 0.0851 e. The molecule has 0 heterocycles. The van der Waals surface area contributed by atoms with Crippen molar-refractivity contribution < 1.29 is 0 Å². The lowest BCUT2D eigenvalue weighted by Gasteiger charge is -2.60. The van der Waals surface area contributed by atoms with Crippen molar-refractivity contribution in [2.45, 2.75) is 51.9 Å². The summed E-state index contributed by atoms with van der Waals surface area (Å²) in [6, 6.07) is 0. The first-order valence-electron chi connectivity index (χ1n) is 8.40. The standard InChI is InChI=1S/C18H26/c1-18(10-11-2-3-16(18)9-11)17-14-5-12-4-13(7-14)8-15(17)6-12/h2-3,11-17H,4-10H2,1H3. The summed E-state index contributed by atoms with van der Waals surface area (Å²) in [5.74, 6) is 7.54. The summed E-state index contributed by atoms with van der Waals surface area (Å²) in [5, 5.41) is 0. The maximum Gasteiger partial charge on any atom is -0.0171 e. The topological polar surface area (TPSA) is 0 Å². The normalized spacial score (nSPS) is 63.9. The number of allylic oxidation sites excluding steroid dienone is 2. The van der Waals surface area contributed by atoms with Crippen LogP contribution in [0.25, 0.3) is 0 Å². The minimum atomic E-state index is 0.696. The molecule has 0 amide bonds. The molecule has 0 nitrogen and oxygen atoms in total. The van der Waals surface area contributed by atoms with Crippen LogP contribution in [0.2, 0.25) is 0 Å². The van der Waals surface area contributed by atoms with E-state index in [1.807, 2.05) is 0 Å². The molecule has 0 N–H and O–H groups in total. The molecule has 98 valence electrons. The van der Waals surface area contributed by atoms with E-state index in [0.717, 1.165) is 41.4 Å². The van der Waals surface area contributed by atoms with Gasteiger partial charge in [-0.1, -0.05) is 19.1 Å². The van der Waals surface area contributed by atoms with E-state index in [0.29, 0.717) is 5.41 Å². The predicted octanol–water partition coefficient (Wildman–Crippen LogP) is 4.66. The molecule has 6 aliphatic rings. The van der Waals surface area contributed by atoms with Crippen molar-refractivity contribution in [1.82, 2.24) is 0 Å². The van der Waals surface area contributed by atoms with Gasteiger partial charge in [-0.3, -0.25) is 0 Å². The molecule has 0 heteroatoms. The van der Waals surface area contributed by atoms with Crippen LogP contribution >= 0.6 is 0 Å². The van der Waals surface area contributed by atoms with Crippen molar-refractivity contribution in [3.8, 4) is 0 Å². The van der Waals surface area contributed by atoms with Gasteiger partial charge in [0.05, 0.1) is 0 Å². The first-order valence-corrected chi connectivity index (χ1v) is 8.40. The zero-order valence-corrected chi connectivity index (χ0v) is 11.6. The van der Waals surface area contributed by atoms with Gasteiger partial charge in [0.25, 0.3) is 0 Å². The van der Waals surface area contributed by atoms with Crippen LogP contribution in [-0.4, -0.2) is 0 Å². The maximum atomic E-state index is 2.67. The van der Waals surface area contributed by atoms with E-state index >= 15 is 0 Å². The van der Waals surface area contributed by atoms with Crippen LogP contribution < -0.4 is 0 Å². The van der Waals surface area contributed by atoms with Crippen LogP contribution in [-0.2, 0) is 0 Å². The van der Waals surface area contributed by atoms with Gasteiger partial charge < -0.3 is 0 Å². The highest BCUT2D eigenvalue weighted by atomic mass is 14.6. The Morgan fingerprint density at radius 2 is 1.50 bits per heavy atom. The van der Waals surface area contributed by atoms with Crippen LogP contribution in [0, 0.1) is 46.8 Å². The Bertz CT molecular complexity index is 378. The first-order chi connectivity index (χ1) is 8.72. The van der Waals surface area contributed by atoms with Crippen LogP contribution in [0.5, 0.6) is 0 Å². The average Bonchev–Trinajstić information content (AvgIpc) is 2.87. The second-order valence-corrected chi connectivity index (χ2v) is 8.65. The fourth-order valence-corrected chi connectivity index (χ4v) is 7.52. The third kappa shape index (κ3) is 1.18. The second kappa shape index (κ2) is 3.25. The molecule has 6 aliphatic carbocycles. The van der Waals surface area contributed by atoms with Crippen LogP contribution in [0.4, 0.5) is 0 Å². The van der Waals surface area contributed by atoms with Gasteiger partial charge in [-0.25, -0.2) is 0 Å². The van der Waals surface area contributed by atoms with Gasteiger partial charge in [-0.15, -0.1) is 0 Å². The summed E-state index contributed by atoms with van der Waals surface area (Å²) in [6.45, 7) is 2.67. The number of rotatable bonds is 1. The van der Waals surface area contributed by atoms with Crippen LogP contribution in [0.1, 0.15) is 51.9 Å². The summed E-state index contributed by atoms with van der Waals surface area (Å²) in [7, 11) is 0. The Labute approximate surface area is 111 Å². The summed E-state index contributed by atoms with van der Waals surface area (Å²) < 4.78 is 0. The molecule has 18 heavy (non-hydrogen) atoms. The molecule has 6 bridgehead atoms. The summed E-state index contributed by atoms with van der Waals surface area (Å²) in [6.07, 6.45) is 16.2. The number of hydrogen-bond donors (Lipinski definition) is 0. The Kier molecular flexibility index (Phi) is 1.90. The number of hydrogen-bond acceptors (Lipinski definition) is 0. The molecule has 3 unspecified atom stereocenters. The fourth-order valence-electron chi connectivity index (χ4n) is 7.52. The molecule has 0 aromatic carbocycles. The molecule has 0 aromatic heterocycles. The van der Waals surface area contributed by atoms with E-state index in [1.165, 1.54) is 12.8 Å². The van der Waals surface area contributed by atoms with E-state index in [1.54, 1.807) is 32.1 Å². The highest BCUT2D eigenvalue weighted by Gasteiger charge is 2.58. The molecular formula is C18H26. The average molecular weight is 242 g/mol. The molecule has 0 spiro atoms. The van der Waals surface area contributed by atoms with Gasteiger partial charge >= 0.3 is 0 Å². The Hall–Kier alpha value is -0.260. The lowest BCUT2D eigenvalue weighted by molar-refractivity contribution is -0.0998. The molecular weight excluding hydrogens is 216 g/mol. The highest BCUT2D eigenvalue weighted by molar-refractivity contribution is 5.18. The molecule has 0 aliphatic heterocycles. The minimum absolute atomic E-state index is 0.696. The summed E-state index contributed by atoms with van der Waals surface area (Å²) in [4.78, 5) is 0. The predicted molar refractivity (Wildman–Crippen MR) is 74.0 cm³/mol. The number of fused-ring (bicyclic) bond motifs is 2. The van der Waals surface area contributed by atoms with E-state index in [9.17, 15) is 0 Å². The van der Waals surface area contributed by atoms with E-state index in [2.05, 4.69) is 19.1 Å². The van der Waals surface area contributed by atoms with Crippen molar-refractivity contribution in [3.05, 3.63) is 12.2 Å². The lowest BCUT2D eigenvalue weighted by Crippen LogP contribution is -2.52. The van der Waals surface area contributed by atoms with Gasteiger partial charge in [0.15, 0.2) is 0 Å². The molecule has 3 atom stereocenters. The van der Waals surface area contributed by atoms with Crippen molar-refractivity contribution in [2.75, 3.05) is 0 Å². The van der Waals surface area contributed by atoms with Crippen molar-refractivity contribution in [3.63, 3.8) is 0 Å². The zero-order chi connectivity index (χ0) is 11.9. The van der Waals surface area contributed by atoms with Gasteiger partial charge in [0.1, 0.15) is 0 Å². The summed E-state index contributed by atoms with van der Waals surface area (Å²) >= 11 is 0. The minimum Gasteiger partial charge on any atom is -0.0851 e. The van der Waals surface area contributed by atoms with Crippen molar-refractivity contribution >= 4 is 0 Å². The third-order valence-corrected chi connectivity index (χ3v) is 7.71. The van der Waals surface area contributed by atoms with Crippen LogP contribution in [0.15, 0.2) is 12.2 Å². The third-order valence-electron chi connectivity index (χ3n) is 7.71. The monoisotopic (exact) mass is 242 g/mol. The van der Waals surface area contributed by atoms with Gasteiger partial charge in [0.2, 0.25) is 0 Å². The molecule has 0 radical (unpaired) electrons. The van der Waals surface area contributed by atoms with Gasteiger partial charge in [0, 0.05) is 0 Å². The SMILES string of the molecule is CC1(C2C3CC4CC(C3)CC2C4)CC2C=CC1C2. The summed E-state index contributed by atoms with van der Waals surface area (Å²) in [5.41, 5.74) is 0.696. The van der Waals surface area contributed by atoms with Crippen LogP contribution in [0.3, 0.4) is 0 Å². The molecule has 0 aromatic rings. The molecule has 6 rings (SSSR count). The second-order valence-electron chi connectivity index (χ2n) is 8.65.